The summed E-state index contributed by atoms with van der Waals surface area (Å²) in [5.74, 6) is -0.457. The Morgan fingerprint density at radius 1 is 1.31 bits per heavy atom. The Bertz CT molecular complexity index is 902. The summed E-state index contributed by atoms with van der Waals surface area (Å²) in [6, 6.07) is 7.16. The number of thiophene rings is 1. The number of halogens is 1. The molecule has 2 bridgehead atoms. The van der Waals surface area contributed by atoms with Gasteiger partial charge in [-0.15, -0.1) is 11.3 Å². The number of hydrogen-bond acceptors (Lipinski definition) is 3. The first kappa shape index (κ1) is 17.2. The SMILES string of the molecule is [C-]#[N+]c1ccc(-c2cc(C(=O)N3C4CCC3CC(N)C4)sc2C)cc1F. The van der Waals surface area contributed by atoms with Crippen molar-refractivity contribution in [1.82, 2.24) is 4.90 Å². The lowest BCUT2D eigenvalue weighted by Crippen LogP contribution is -2.49. The Morgan fingerprint density at radius 3 is 2.62 bits per heavy atom. The first-order valence-corrected chi connectivity index (χ1v) is 9.65. The van der Waals surface area contributed by atoms with Gasteiger partial charge in [-0.05, 0) is 55.9 Å². The second kappa shape index (κ2) is 6.49. The second-order valence-corrected chi connectivity index (χ2v) is 8.44. The van der Waals surface area contributed by atoms with E-state index in [-0.39, 0.29) is 29.7 Å². The molecule has 3 heterocycles. The molecule has 1 aromatic heterocycles. The average molecular weight is 369 g/mol. The molecule has 2 aromatic rings. The number of rotatable bonds is 2. The van der Waals surface area contributed by atoms with Crippen LogP contribution in [-0.4, -0.2) is 28.9 Å². The second-order valence-electron chi connectivity index (χ2n) is 7.19. The van der Waals surface area contributed by atoms with Crippen molar-refractivity contribution in [2.75, 3.05) is 0 Å². The fraction of sp³-hybridized carbons (Fsp3) is 0.400. The quantitative estimate of drug-likeness (QED) is 0.792. The van der Waals surface area contributed by atoms with Gasteiger partial charge in [0.1, 0.15) is 5.82 Å². The van der Waals surface area contributed by atoms with E-state index in [4.69, 9.17) is 12.3 Å². The van der Waals surface area contributed by atoms with Crippen molar-refractivity contribution in [1.29, 1.82) is 0 Å². The van der Waals surface area contributed by atoms with Crippen LogP contribution in [0.4, 0.5) is 10.1 Å². The van der Waals surface area contributed by atoms with Gasteiger partial charge in [0.2, 0.25) is 5.69 Å². The summed E-state index contributed by atoms with van der Waals surface area (Å²) in [6.45, 7) is 8.90. The van der Waals surface area contributed by atoms with Crippen LogP contribution in [0.25, 0.3) is 16.0 Å². The summed E-state index contributed by atoms with van der Waals surface area (Å²) < 4.78 is 14.0. The van der Waals surface area contributed by atoms with E-state index < -0.39 is 5.82 Å². The molecule has 6 heteroatoms. The van der Waals surface area contributed by atoms with Crippen LogP contribution in [0, 0.1) is 19.3 Å². The van der Waals surface area contributed by atoms with Gasteiger partial charge in [0.15, 0.2) is 0 Å². The standard InChI is InChI=1S/C20H20FN3OS/c1-11-16(12-3-6-18(23-2)17(21)7-12)10-19(26-11)20(25)24-14-4-5-15(24)9-13(22)8-14/h3,6-7,10,13-15H,4-5,8-9,22H2,1H3. The third kappa shape index (κ3) is 2.81. The fourth-order valence-corrected chi connectivity index (χ4v) is 5.30. The highest BCUT2D eigenvalue weighted by Crippen LogP contribution is 2.39. The van der Waals surface area contributed by atoms with Gasteiger partial charge in [0.05, 0.1) is 11.4 Å². The Kier molecular flexibility index (Phi) is 4.29. The molecular weight excluding hydrogens is 349 g/mol. The van der Waals surface area contributed by atoms with Gasteiger partial charge >= 0.3 is 0 Å². The van der Waals surface area contributed by atoms with Crippen molar-refractivity contribution in [2.45, 2.75) is 50.7 Å². The van der Waals surface area contributed by atoms with Crippen LogP contribution in [0.5, 0.6) is 0 Å². The normalized spacial score (nSPS) is 24.5. The molecule has 2 aliphatic rings. The lowest BCUT2D eigenvalue weighted by atomic mass is 9.98. The largest absolute Gasteiger partial charge is 0.332 e. The topological polar surface area (TPSA) is 50.7 Å². The van der Waals surface area contributed by atoms with Crippen LogP contribution < -0.4 is 5.73 Å². The van der Waals surface area contributed by atoms with E-state index in [2.05, 4.69) is 4.85 Å². The van der Waals surface area contributed by atoms with Gasteiger partial charge in [-0.2, -0.15) is 0 Å². The molecule has 1 amide bonds. The monoisotopic (exact) mass is 369 g/mol. The number of amides is 1. The summed E-state index contributed by atoms with van der Waals surface area (Å²) in [5, 5.41) is 0. The molecule has 4 rings (SSSR count). The van der Waals surface area contributed by atoms with E-state index in [1.807, 2.05) is 17.9 Å². The lowest BCUT2D eigenvalue weighted by molar-refractivity contribution is 0.0580. The lowest BCUT2D eigenvalue weighted by Gasteiger charge is -2.37. The van der Waals surface area contributed by atoms with Crippen LogP contribution in [0.15, 0.2) is 24.3 Å². The van der Waals surface area contributed by atoms with Gasteiger partial charge in [-0.1, -0.05) is 12.1 Å². The zero-order chi connectivity index (χ0) is 18.4. The molecule has 2 saturated heterocycles. The summed E-state index contributed by atoms with van der Waals surface area (Å²) in [5.41, 5.74) is 7.68. The Morgan fingerprint density at radius 2 is 2.00 bits per heavy atom. The molecule has 26 heavy (non-hydrogen) atoms. The van der Waals surface area contributed by atoms with Crippen LogP contribution >= 0.6 is 11.3 Å². The summed E-state index contributed by atoms with van der Waals surface area (Å²) in [6.07, 6.45) is 3.82. The zero-order valence-corrected chi connectivity index (χ0v) is 15.4. The highest BCUT2D eigenvalue weighted by molar-refractivity contribution is 7.14. The summed E-state index contributed by atoms with van der Waals surface area (Å²) in [4.78, 5) is 20.0. The van der Waals surface area contributed by atoms with Gasteiger partial charge < -0.3 is 10.6 Å². The number of hydrogen-bond donors (Lipinski definition) is 1. The van der Waals surface area contributed by atoms with Crippen molar-refractivity contribution in [3.05, 3.63) is 51.3 Å². The Hall–Kier alpha value is -2.23. The highest BCUT2D eigenvalue weighted by Gasteiger charge is 2.42. The number of benzene rings is 1. The van der Waals surface area contributed by atoms with Gasteiger partial charge in [0, 0.05) is 23.0 Å². The van der Waals surface area contributed by atoms with Crippen molar-refractivity contribution in [3.8, 4) is 11.1 Å². The third-order valence-electron chi connectivity index (χ3n) is 5.51. The smallest absolute Gasteiger partial charge is 0.264 e. The molecule has 0 spiro atoms. The number of nitrogens with zero attached hydrogens (tertiary/aromatic N) is 2. The number of carbonyl (C=O) groups excluding carboxylic acids is 1. The molecule has 2 atom stereocenters. The van der Waals surface area contributed by atoms with E-state index in [9.17, 15) is 9.18 Å². The molecule has 134 valence electrons. The Labute approximate surface area is 156 Å². The minimum absolute atomic E-state index is 0.0131. The van der Waals surface area contributed by atoms with Gasteiger partial charge in [0.25, 0.3) is 5.91 Å². The first-order chi connectivity index (χ1) is 12.5. The molecule has 1 aromatic carbocycles. The van der Waals surface area contributed by atoms with Crippen molar-refractivity contribution in [3.63, 3.8) is 0 Å². The molecule has 2 N–H and O–H groups in total. The molecule has 0 saturated carbocycles. The molecule has 4 nitrogen and oxygen atoms in total. The number of fused-ring (bicyclic) bond motifs is 2. The van der Waals surface area contributed by atoms with Crippen LogP contribution in [0.1, 0.15) is 40.2 Å². The maximum absolute atomic E-state index is 14.0. The number of carbonyl (C=O) groups is 1. The van der Waals surface area contributed by atoms with E-state index in [1.54, 1.807) is 6.07 Å². The third-order valence-corrected chi connectivity index (χ3v) is 6.55. The van der Waals surface area contributed by atoms with Crippen molar-refractivity contribution in [2.24, 2.45) is 5.73 Å². The van der Waals surface area contributed by atoms with E-state index in [1.165, 1.54) is 23.5 Å². The van der Waals surface area contributed by atoms with E-state index in [0.29, 0.717) is 10.4 Å². The molecule has 2 aliphatic heterocycles. The van der Waals surface area contributed by atoms with Gasteiger partial charge in [-0.25, -0.2) is 9.24 Å². The Balaban J connectivity index is 1.64. The summed E-state index contributed by atoms with van der Waals surface area (Å²) in [7, 11) is 0. The minimum Gasteiger partial charge on any atom is -0.332 e. The van der Waals surface area contributed by atoms with Crippen molar-refractivity contribution < 1.29 is 9.18 Å². The molecule has 2 unspecified atom stereocenters. The predicted molar refractivity (Wildman–Crippen MR) is 101 cm³/mol. The van der Waals surface area contributed by atoms with Crippen LogP contribution in [0.3, 0.4) is 0 Å². The van der Waals surface area contributed by atoms with Crippen LogP contribution in [0.2, 0.25) is 0 Å². The van der Waals surface area contributed by atoms with E-state index in [0.717, 1.165) is 36.1 Å². The number of nitrogens with two attached hydrogens (primary N) is 1. The maximum atomic E-state index is 14.0. The summed E-state index contributed by atoms with van der Waals surface area (Å²) >= 11 is 1.45. The average Bonchev–Trinajstić information content (AvgIpc) is 3.12. The molecule has 0 radical (unpaired) electrons. The van der Waals surface area contributed by atoms with Crippen molar-refractivity contribution >= 4 is 22.9 Å². The van der Waals surface area contributed by atoms with Gasteiger partial charge in [-0.3, -0.25) is 4.79 Å². The fourth-order valence-electron chi connectivity index (χ4n) is 4.32. The molecule has 0 aliphatic carbocycles. The zero-order valence-electron chi connectivity index (χ0n) is 14.5. The number of piperidine rings is 1. The molecular formula is C20H20FN3OS. The minimum atomic E-state index is -0.529. The first-order valence-electron chi connectivity index (χ1n) is 8.84. The van der Waals surface area contributed by atoms with Crippen LogP contribution in [-0.2, 0) is 0 Å². The molecule has 2 fully saturated rings. The maximum Gasteiger partial charge on any atom is 0.264 e. The number of aryl methyl sites for hydroxylation is 1. The van der Waals surface area contributed by atoms with E-state index >= 15 is 0 Å². The highest BCUT2D eigenvalue weighted by atomic mass is 32.1. The predicted octanol–water partition coefficient (Wildman–Crippen LogP) is 4.51.